The molecule has 1 fully saturated rings. The van der Waals surface area contributed by atoms with Crippen molar-refractivity contribution in [2.24, 2.45) is 0 Å². The van der Waals surface area contributed by atoms with Crippen LogP contribution in [0, 0.1) is 6.92 Å². The molecule has 0 radical (unpaired) electrons. The van der Waals surface area contributed by atoms with Gasteiger partial charge in [0.15, 0.2) is 6.29 Å². The van der Waals surface area contributed by atoms with E-state index < -0.39 is 10.1 Å². The first-order valence-electron chi connectivity index (χ1n) is 18.2. The number of hydrogen-bond donors (Lipinski definition) is 0. The summed E-state index contributed by atoms with van der Waals surface area (Å²) in [6.45, 7) is 6.12. The van der Waals surface area contributed by atoms with E-state index in [9.17, 15) is 17.8 Å². The Kier molecular flexibility index (Phi) is 23.6. The highest BCUT2D eigenvalue weighted by molar-refractivity contribution is 7.85. The van der Waals surface area contributed by atoms with Gasteiger partial charge in [-0.3, -0.25) is 4.79 Å². The molecule has 0 saturated carbocycles. The molecule has 0 unspecified atom stereocenters. The lowest BCUT2D eigenvalue weighted by Crippen LogP contribution is -2.35. The molecule has 0 amide bonds. The van der Waals surface area contributed by atoms with Gasteiger partial charge >= 0.3 is 5.97 Å². The van der Waals surface area contributed by atoms with E-state index in [-0.39, 0.29) is 23.3 Å². The highest BCUT2D eigenvalue weighted by atomic mass is 32.2. The quantitative estimate of drug-likeness (QED) is 0.0444. The van der Waals surface area contributed by atoms with Crippen molar-refractivity contribution >= 4 is 16.1 Å². The van der Waals surface area contributed by atoms with Crippen LogP contribution in [0.2, 0.25) is 0 Å². The Morgan fingerprint density at radius 1 is 0.804 bits per heavy atom. The maximum absolute atomic E-state index is 11.9. The molecule has 0 spiro atoms. The highest BCUT2D eigenvalue weighted by Gasteiger charge is 2.26. The second-order valence-corrected chi connectivity index (χ2v) is 15.4. The predicted molar refractivity (Wildman–Crippen MR) is 186 cm³/mol. The zero-order valence-electron chi connectivity index (χ0n) is 29.9. The lowest BCUT2D eigenvalue weighted by Gasteiger charge is -2.23. The van der Waals surface area contributed by atoms with E-state index >= 15 is 0 Å². The zero-order valence-corrected chi connectivity index (χ0v) is 30.8. The molecular weight excluding hydrogens is 602 g/mol. The summed E-state index contributed by atoms with van der Waals surface area (Å²) in [6.07, 6.45) is 25.1. The molecule has 0 N–H and O–H groups in total. The second kappa shape index (κ2) is 25.5. The van der Waals surface area contributed by atoms with Crippen LogP contribution in [0.1, 0.15) is 141 Å². The summed E-state index contributed by atoms with van der Waals surface area (Å²) in [7, 11) is 2.33. The van der Waals surface area contributed by atoms with Crippen molar-refractivity contribution in [3.8, 4) is 0 Å². The third-order valence-corrected chi connectivity index (χ3v) is 9.15. The number of nitrogens with zero attached hydrogens (tertiary/aromatic N) is 1. The summed E-state index contributed by atoms with van der Waals surface area (Å²) >= 11 is 0. The Morgan fingerprint density at radius 3 is 1.80 bits per heavy atom. The van der Waals surface area contributed by atoms with Gasteiger partial charge in [0.1, 0.15) is 22.8 Å². The van der Waals surface area contributed by atoms with E-state index in [0.717, 1.165) is 48.7 Å². The van der Waals surface area contributed by atoms with Crippen LogP contribution in [0.15, 0.2) is 29.2 Å². The molecule has 1 aromatic carbocycles. The molecule has 268 valence electrons. The van der Waals surface area contributed by atoms with E-state index in [1.165, 1.54) is 102 Å². The molecule has 1 aliphatic rings. The second-order valence-electron chi connectivity index (χ2n) is 14.0. The Hall–Kier alpha value is -1.52. The number of benzene rings is 1. The minimum atomic E-state index is -4.27. The van der Waals surface area contributed by atoms with Crippen molar-refractivity contribution in [2.75, 3.05) is 40.9 Å². The predicted octanol–water partition coefficient (Wildman–Crippen LogP) is 8.70. The van der Waals surface area contributed by atoms with Gasteiger partial charge in [-0.2, -0.15) is 0 Å². The lowest BCUT2D eigenvalue weighted by atomic mass is 10.0. The van der Waals surface area contributed by atoms with Crippen LogP contribution in [0.3, 0.4) is 0 Å². The van der Waals surface area contributed by atoms with Crippen molar-refractivity contribution in [3.63, 3.8) is 0 Å². The molecule has 2 rings (SSSR count). The largest absolute Gasteiger partial charge is 0.744 e. The third-order valence-electron chi connectivity index (χ3n) is 8.31. The first-order valence-corrected chi connectivity index (χ1v) is 19.6. The van der Waals surface area contributed by atoms with Crippen molar-refractivity contribution in [3.05, 3.63) is 29.8 Å². The number of hydrogen-bond acceptors (Lipinski definition) is 7. The molecule has 0 bridgehead atoms. The van der Waals surface area contributed by atoms with Gasteiger partial charge in [0.2, 0.25) is 0 Å². The number of rotatable bonds is 25. The average Bonchev–Trinajstić information content (AvgIpc) is 3.45. The fourth-order valence-corrected chi connectivity index (χ4v) is 5.89. The summed E-state index contributed by atoms with van der Waals surface area (Å²) < 4.78 is 49.2. The molecular formula is C37H67NO7S. The first kappa shape index (κ1) is 42.5. The van der Waals surface area contributed by atoms with E-state index in [4.69, 9.17) is 14.2 Å². The van der Waals surface area contributed by atoms with Gasteiger partial charge in [-0.25, -0.2) is 8.42 Å². The first-order chi connectivity index (χ1) is 21.9. The van der Waals surface area contributed by atoms with Crippen LogP contribution in [0.5, 0.6) is 0 Å². The third kappa shape index (κ3) is 24.6. The minimum Gasteiger partial charge on any atom is -0.744 e. The normalized spacial score (nSPS) is 16.7. The summed E-state index contributed by atoms with van der Waals surface area (Å²) in [5.41, 5.74) is 0.928. The Morgan fingerprint density at radius 2 is 1.30 bits per heavy atom. The smallest absolute Gasteiger partial charge is 0.305 e. The SMILES string of the molecule is CCCCCCCCCCCCCCCCC[C@H]1OC[C@H](COC(=O)CCCCC[N+](C)(C)C)O1.Cc1ccc(S(=O)(=O)[O-])cc1. The van der Waals surface area contributed by atoms with E-state index in [1.54, 1.807) is 12.1 Å². The number of quaternary nitrogens is 1. The highest BCUT2D eigenvalue weighted by Crippen LogP contribution is 2.19. The topological polar surface area (TPSA) is 102 Å². The number of esters is 1. The Balaban J connectivity index is 0.000000804. The van der Waals surface area contributed by atoms with E-state index in [0.29, 0.717) is 19.6 Å². The van der Waals surface area contributed by atoms with Crippen LogP contribution in [-0.2, 0) is 29.1 Å². The van der Waals surface area contributed by atoms with Crippen molar-refractivity contribution in [1.29, 1.82) is 0 Å². The fraction of sp³-hybridized carbons (Fsp3) is 0.811. The van der Waals surface area contributed by atoms with Gasteiger partial charge in [-0.15, -0.1) is 0 Å². The molecule has 1 heterocycles. The van der Waals surface area contributed by atoms with Gasteiger partial charge < -0.3 is 23.2 Å². The summed E-state index contributed by atoms with van der Waals surface area (Å²) in [5.74, 6) is -0.107. The average molecular weight is 670 g/mol. The van der Waals surface area contributed by atoms with Gasteiger partial charge in [0.05, 0.1) is 39.2 Å². The van der Waals surface area contributed by atoms with Crippen LogP contribution in [-0.4, -0.2) is 76.7 Å². The van der Waals surface area contributed by atoms with Crippen molar-refractivity contribution in [1.82, 2.24) is 0 Å². The molecule has 1 aliphatic heterocycles. The molecule has 46 heavy (non-hydrogen) atoms. The number of aryl methyl sites for hydroxylation is 1. The van der Waals surface area contributed by atoms with Crippen LogP contribution >= 0.6 is 0 Å². The minimum absolute atomic E-state index is 0.0986. The lowest BCUT2D eigenvalue weighted by molar-refractivity contribution is -0.870. The van der Waals surface area contributed by atoms with Gasteiger partial charge in [-0.1, -0.05) is 115 Å². The summed E-state index contributed by atoms with van der Waals surface area (Å²) in [5, 5.41) is 0. The maximum Gasteiger partial charge on any atom is 0.305 e. The van der Waals surface area contributed by atoms with Gasteiger partial charge in [0, 0.05) is 6.42 Å². The number of unbranched alkanes of at least 4 members (excludes halogenated alkanes) is 16. The van der Waals surface area contributed by atoms with Gasteiger partial charge in [0.25, 0.3) is 0 Å². The molecule has 0 aromatic heterocycles. The molecule has 8 nitrogen and oxygen atoms in total. The molecule has 0 aliphatic carbocycles. The van der Waals surface area contributed by atoms with Crippen molar-refractivity contribution < 1.29 is 36.5 Å². The molecule has 1 aromatic rings. The number of carbonyl (C=O) groups excluding carboxylic acids is 1. The zero-order chi connectivity index (χ0) is 34.1. The van der Waals surface area contributed by atoms with Crippen LogP contribution < -0.4 is 0 Å². The van der Waals surface area contributed by atoms with E-state index in [1.807, 2.05) is 6.92 Å². The number of carbonyl (C=O) groups is 1. The molecule has 9 heteroatoms. The van der Waals surface area contributed by atoms with Crippen LogP contribution in [0.25, 0.3) is 0 Å². The summed E-state index contributed by atoms with van der Waals surface area (Å²) in [4.78, 5) is 11.8. The monoisotopic (exact) mass is 669 g/mol. The van der Waals surface area contributed by atoms with Crippen LogP contribution in [0.4, 0.5) is 0 Å². The van der Waals surface area contributed by atoms with Crippen molar-refractivity contribution in [2.45, 2.75) is 160 Å². The Labute approximate surface area is 282 Å². The fourth-order valence-electron chi connectivity index (χ4n) is 5.42. The van der Waals surface area contributed by atoms with Gasteiger partial charge in [-0.05, 0) is 51.2 Å². The summed E-state index contributed by atoms with van der Waals surface area (Å²) in [6, 6.07) is 5.78. The van der Waals surface area contributed by atoms with E-state index in [2.05, 4.69) is 28.1 Å². The standard InChI is InChI=1S/C30H60NO4.C7H8O3S/c1-5-6-7-8-9-10-11-12-13-14-15-16-17-18-21-24-30-34-27-28(35-30)26-33-29(32)23-20-19-22-25-31(2,3)4;1-6-2-4-7(5-3-6)11(8,9)10/h28,30H,5-27H2,1-4H3;2-5H,1H3,(H,8,9,10)/q+1;/p-1/t28-,30-;/m0./s1. The molecule has 2 atom stereocenters. The number of ether oxygens (including phenoxy) is 3. The maximum atomic E-state index is 11.9. The Bertz CT molecular complexity index is 992. The molecule has 1 saturated heterocycles.